The third-order valence-electron chi connectivity index (χ3n) is 4.60. The Labute approximate surface area is 136 Å². The van der Waals surface area contributed by atoms with Crippen molar-refractivity contribution in [2.45, 2.75) is 38.5 Å². The molecule has 0 spiro atoms. The van der Waals surface area contributed by atoms with Crippen molar-refractivity contribution in [2.75, 3.05) is 33.4 Å². The Morgan fingerprint density at radius 2 is 2.43 bits per heavy atom. The first-order chi connectivity index (χ1) is 11.2. The number of amides is 1. The van der Waals surface area contributed by atoms with Gasteiger partial charge in [0.1, 0.15) is 11.9 Å². The molecule has 1 aromatic heterocycles. The molecule has 1 amide bonds. The molecule has 3 atom stereocenters. The highest BCUT2D eigenvalue weighted by Crippen LogP contribution is 2.33. The maximum atomic E-state index is 12.1. The highest BCUT2D eigenvalue weighted by atomic mass is 16.5. The van der Waals surface area contributed by atoms with Crippen molar-refractivity contribution in [3.8, 4) is 0 Å². The number of likely N-dealkylation sites (tertiary alicyclic amines) is 1. The van der Waals surface area contributed by atoms with E-state index in [1.54, 1.807) is 7.11 Å². The van der Waals surface area contributed by atoms with Crippen molar-refractivity contribution in [1.82, 2.24) is 15.4 Å². The minimum absolute atomic E-state index is 0.0184. The number of aromatic nitrogens is 1. The summed E-state index contributed by atoms with van der Waals surface area (Å²) in [5, 5.41) is 6.91. The van der Waals surface area contributed by atoms with Crippen molar-refractivity contribution in [1.29, 1.82) is 0 Å². The van der Waals surface area contributed by atoms with Crippen LogP contribution in [0, 0.1) is 12.8 Å². The zero-order valence-electron chi connectivity index (χ0n) is 13.8. The number of fused-ring (bicyclic) bond motifs is 1. The number of aryl methyl sites for hydroxylation is 1. The smallest absolute Gasteiger partial charge is 0.249 e. The van der Waals surface area contributed by atoms with Gasteiger partial charge in [-0.15, -0.1) is 0 Å². The summed E-state index contributed by atoms with van der Waals surface area (Å²) >= 11 is 0. The monoisotopic (exact) mass is 323 g/mol. The van der Waals surface area contributed by atoms with Crippen LogP contribution in [-0.2, 0) is 20.8 Å². The number of hydrogen-bond acceptors (Lipinski definition) is 6. The van der Waals surface area contributed by atoms with Gasteiger partial charge in [0.25, 0.3) is 0 Å². The molecule has 7 nitrogen and oxygen atoms in total. The van der Waals surface area contributed by atoms with Crippen LogP contribution in [0.1, 0.15) is 24.3 Å². The van der Waals surface area contributed by atoms with Crippen molar-refractivity contribution in [2.24, 2.45) is 5.92 Å². The highest BCUT2D eigenvalue weighted by molar-refractivity contribution is 5.81. The van der Waals surface area contributed by atoms with Crippen molar-refractivity contribution in [3.05, 3.63) is 17.5 Å². The number of rotatable bonds is 6. The molecule has 3 heterocycles. The van der Waals surface area contributed by atoms with Gasteiger partial charge in [-0.1, -0.05) is 5.16 Å². The third-order valence-corrected chi connectivity index (χ3v) is 4.60. The van der Waals surface area contributed by atoms with Gasteiger partial charge < -0.3 is 19.3 Å². The average Bonchev–Trinajstić information content (AvgIpc) is 3.13. The predicted molar refractivity (Wildman–Crippen MR) is 82.8 cm³/mol. The molecule has 0 radical (unpaired) electrons. The molecule has 0 aromatic carbocycles. The Balaban J connectivity index is 1.48. The maximum Gasteiger partial charge on any atom is 0.249 e. The molecule has 1 aromatic rings. The molecular formula is C16H25N3O4. The van der Waals surface area contributed by atoms with E-state index in [0.29, 0.717) is 19.1 Å². The lowest BCUT2D eigenvalue weighted by Gasteiger charge is -2.33. The largest absolute Gasteiger partial charge is 0.383 e. The van der Waals surface area contributed by atoms with E-state index < -0.39 is 0 Å². The summed E-state index contributed by atoms with van der Waals surface area (Å²) < 4.78 is 16.1. The first kappa shape index (κ1) is 16.4. The lowest BCUT2D eigenvalue weighted by Crippen LogP contribution is -2.42. The zero-order valence-corrected chi connectivity index (χ0v) is 13.8. The number of nitrogens with one attached hydrogen (secondary N) is 1. The van der Waals surface area contributed by atoms with E-state index in [2.05, 4.69) is 15.4 Å². The number of ether oxygens (including phenoxy) is 2. The summed E-state index contributed by atoms with van der Waals surface area (Å²) in [6.07, 6.45) is 1.69. The Bertz CT molecular complexity index is 533. The van der Waals surface area contributed by atoms with Crippen molar-refractivity contribution >= 4 is 5.91 Å². The average molecular weight is 323 g/mol. The number of carbonyl (C=O) groups is 1. The molecular weight excluding hydrogens is 298 g/mol. The number of carbonyl (C=O) groups excluding carboxylic acids is 1. The Kier molecular flexibility index (Phi) is 5.30. The van der Waals surface area contributed by atoms with Gasteiger partial charge in [0.15, 0.2) is 0 Å². The van der Waals surface area contributed by atoms with Crippen molar-refractivity contribution < 1.29 is 18.8 Å². The zero-order chi connectivity index (χ0) is 16.2. The molecule has 2 aliphatic rings. The van der Waals surface area contributed by atoms with E-state index >= 15 is 0 Å². The minimum Gasteiger partial charge on any atom is -0.383 e. The molecule has 128 valence electrons. The van der Waals surface area contributed by atoms with E-state index in [0.717, 1.165) is 43.9 Å². The van der Waals surface area contributed by atoms with Gasteiger partial charge in [0.2, 0.25) is 5.91 Å². The summed E-state index contributed by atoms with van der Waals surface area (Å²) in [5.74, 6) is 1.29. The fourth-order valence-corrected chi connectivity index (χ4v) is 3.42. The van der Waals surface area contributed by atoms with Crippen LogP contribution in [0.2, 0.25) is 0 Å². The first-order valence-electron chi connectivity index (χ1n) is 8.22. The molecule has 0 unspecified atom stereocenters. The maximum absolute atomic E-state index is 12.1. The second-order valence-electron chi connectivity index (χ2n) is 6.40. The van der Waals surface area contributed by atoms with Crippen LogP contribution in [0.3, 0.4) is 0 Å². The van der Waals surface area contributed by atoms with Crippen LogP contribution >= 0.6 is 0 Å². The first-order valence-corrected chi connectivity index (χ1v) is 8.22. The summed E-state index contributed by atoms with van der Waals surface area (Å²) in [6, 6.07) is 1.97. The van der Waals surface area contributed by atoms with Gasteiger partial charge >= 0.3 is 0 Å². The van der Waals surface area contributed by atoms with Crippen LogP contribution in [0.15, 0.2) is 10.6 Å². The molecule has 2 fully saturated rings. The van der Waals surface area contributed by atoms with E-state index in [-0.39, 0.29) is 18.1 Å². The van der Waals surface area contributed by atoms with Crippen LogP contribution in [0.5, 0.6) is 0 Å². The van der Waals surface area contributed by atoms with E-state index in [1.807, 2.05) is 13.0 Å². The lowest BCUT2D eigenvalue weighted by atomic mass is 9.91. The van der Waals surface area contributed by atoms with Crippen molar-refractivity contribution in [3.63, 3.8) is 0 Å². The second-order valence-corrected chi connectivity index (χ2v) is 6.40. The quantitative estimate of drug-likeness (QED) is 0.778. The van der Waals surface area contributed by atoms with Gasteiger partial charge in [-0.05, 0) is 32.2 Å². The third kappa shape index (κ3) is 4.10. The normalized spacial score (nSPS) is 27.8. The Hall–Kier alpha value is -1.44. The van der Waals surface area contributed by atoms with Gasteiger partial charge in [-0.3, -0.25) is 9.69 Å². The minimum atomic E-state index is -0.323. The van der Waals surface area contributed by atoms with E-state index in [1.165, 1.54) is 0 Å². The van der Waals surface area contributed by atoms with Crippen LogP contribution < -0.4 is 5.32 Å². The molecule has 23 heavy (non-hydrogen) atoms. The topological polar surface area (TPSA) is 76.8 Å². The van der Waals surface area contributed by atoms with Crippen LogP contribution in [0.4, 0.5) is 0 Å². The molecule has 7 heteroatoms. The fraction of sp³-hybridized carbons (Fsp3) is 0.750. The van der Waals surface area contributed by atoms with Crippen LogP contribution in [0.25, 0.3) is 0 Å². The van der Waals surface area contributed by atoms with E-state index in [9.17, 15) is 4.79 Å². The number of nitrogens with zero attached hydrogens (tertiary/aromatic N) is 2. The molecule has 0 saturated carbocycles. The summed E-state index contributed by atoms with van der Waals surface area (Å²) in [4.78, 5) is 14.4. The number of hydrogen-bond donors (Lipinski definition) is 1. The number of methoxy groups -OCH3 is 1. The molecule has 2 saturated heterocycles. The number of piperidine rings is 1. The second kappa shape index (κ2) is 7.42. The lowest BCUT2D eigenvalue weighted by molar-refractivity contribution is -0.133. The Morgan fingerprint density at radius 1 is 1.57 bits per heavy atom. The molecule has 1 N–H and O–H groups in total. The van der Waals surface area contributed by atoms with Gasteiger partial charge in [0, 0.05) is 32.8 Å². The summed E-state index contributed by atoms with van der Waals surface area (Å²) in [6.45, 7) is 5.58. The Morgan fingerprint density at radius 3 is 3.17 bits per heavy atom. The van der Waals surface area contributed by atoms with E-state index in [4.69, 9.17) is 14.0 Å². The molecule has 0 bridgehead atoms. The predicted octanol–water partition coefficient (Wildman–Crippen LogP) is 0.725. The van der Waals surface area contributed by atoms with Gasteiger partial charge in [-0.2, -0.15) is 0 Å². The molecule has 0 aliphatic carbocycles. The van der Waals surface area contributed by atoms with Crippen LogP contribution in [-0.4, -0.2) is 61.5 Å². The van der Waals surface area contributed by atoms with Gasteiger partial charge in [0.05, 0.1) is 18.4 Å². The molecule has 2 aliphatic heterocycles. The molecule has 3 rings (SSSR count). The standard InChI is InChI=1S/C16H25N3O4/c1-11-7-13(18-23-11)9-19-5-3-12-8-14(22-15(12)10-19)16(20)17-4-6-21-2/h7,12,14-15H,3-6,8-10H2,1-2H3,(H,17,20)/t12-,14+,15-/m0/s1. The summed E-state index contributed by atoms with van der Waals surface area (Å²) in [5.41, 5.74) is 0.952. The fourth-order valence-electron chi connectivity index (χ4n) is 3.42. The van der Waals surface area contributed by atoms with Gasteiger partial charge in [-0.25, -0.2) is 0 Å². The highest BCUT2D eigenvalue weighted by Gasteiger charge is 2.41. The SMILES string of the molecule is COCCNC(=O)[C@H]1C[C@@H]2CCN(Cc3cc(C)on3)C[C@@H]2O1. The summed E-state index contributed by atoms with van der Waals surface area (Å²) in [7, 11) is 1.62.